The van der Waals surface area contributed by atoms with E-state index in [4.69, 9.17) is 0 Å². The predicted octanol–water partition coefficient (Wildman–Crippen LogP) is 2.35. The summed E-state index contributed by atoms with van der Waals surface area (Å²) < 4.78 is 13.4. The van der Waals surface area contributed by atoms with Crippen molar-refractivity contribution in [3.8, 4) is 0 Å². The van der Waals surface area contributed by atoms with Crippen molar-refractivity contribution in [3.63, 3.8) is 0 Å². The number of rotatable bonds is 3. The van der Waals surface area contributed by atoms with Gasteiger partial charge in [-0.3, -0.25) is 4.79 Å². The molecular formula is C12H15BrClFN2O. The maximum Gasteiger partial charge on any atom is 0.252 e. The molecule has 0 saturated carbocycles. The van der Waals surface area contributed by atoms with Gasteiger partial charge in [0.25, 0.3) is 5.91 Å². The Balaban J connectivity index is 0.00000162. The van der Waals surface area contributed by atoms with Crippen LogP contribution in [-0.2, 0) is 0 Å². The Kier molecular flexibility index (Phi) is 6.05. The van der Waals surface area contributed by atoms with E-state index in [9.17, 15) is 9.18 Å². The van der Waals surface area contributed by atoms with Crippen molar-refractivity contribution in [1.82, 2.24) is 10.6 Å². The highest BCUT2D eigenvalue weighted by Crippen LogP contribution is 2.18. The van der Waals surface area contributed by atoms with Crippen LogP contribution in [0, 0.1) is 11.7 Å². The van der Waals surface area contributed by atoms with Gasteiger partial charge >= 0.3 is 0 Å². The molecule has 1 aliphatic heterocycles. The molecular weight excluding hydrogens is 322 g/mol. The van der Waals surface area contributed by atoms with E-state index in [1.54, 1.807) is 0 Å². The largest absolute Gasteiger partial charge is 0.352 e. The highest BCUT2D eigenvalue weighted by Gasteiger charge is 2.16. The van der Waals surface area contributed by atoms with Crippen LogP contribution in [0.25, 0.3) is 0 Å². The van der Waals surface area contributed by atoms with E-state index in [-0.39, 0.29) is 24.1 Å². The van der Waals surface area contributed by atoms with Crippen molar-refractivity contribution in [2.45, 2.75) is 6.42 Å². The third-order valence-electron chi connectivity index (χ3n) is 2.89. The van der Waals surface area contributed by atoms with Crippen LogP contribution in [0.5, 0.6) is 0 Å². The van der Waals surface area contributed by atoms with E-state index >= 15 is 0 Å². The number of hydrogen-bond donors (Lipinski definition) is 2. The summed E-state index contributed by atoms with van der Waals surface area (Å²) in [5.74, 6) is -0.0182. The van der Waals surface area contributed by atoms with Crippen LogP contribution in [0.2, 0.25) is 0 Å². The SMILES string of the molecule is Cl.O=C(NCC1CCNC1)c1ccc(F)cc1Br. The van der Waals surface area contributed by atoms with E-state index in [1.807, 2.05) is 0 Å². The molecule has 18 heavy (non-hydrogen) atoms. The normalized spacial score (nSPS) is 18.2. The highest BCUT2D eigenvalue weighted by molar-refractivity contribution is 9.10. The fraction of sp³-hybridized carbons (Fsp3) is 0.417. The maximum absolute atomic E-state index is 12.9. The fourth-order valence-corrected chi connectivity index (χ4v) is 2.43. The smallest absolute Gasteiger partial charge is 0.252 e. The van der Waals surface area contributed by atoms with Crippen LogP contribution in [-0.4, -0.2) is 25.5 Å². The standard InChI is InChI=1S/C12H14BrFN2O.ClH/c13-11-5-9(14)1-2-10(11)12(17)16-7-8-3-4-15-6-8;/h1-2,5,8,15H,3-4,6-7H2,(H,16,17);1H. The van der Waals surface area contributed by atoms with E-state index in [0.717, 1.165) is 19.5 Å². The van der Waals surface area contributed by atoms with Crippen LogP contribution < -0.4 is 10.6 Å². The lowest BCUT2D eigenvalue weighted by Gasteiger charge is -2.10. The second-order valence-electron chi connectivity index (χ2n) is 4.19. The van der Waals surface area contributed by atoms with Crippen molar-refractivity contribution in [3.05, 3.63) is 34.1 Å². The van der Waals surface area contributed by atoms with Gasteiger partial charge in [0.2, 0.25) is 0 Å². The quantitative estimate of drug-likeness (QED) is 0.889. The average molecular weight is 338 g/mol. The Morgan fingerprint density at radius 1 is 1.56 bits per heavy atom. The molecule has 1 fully saturated rings. The van der Waals surface area contributed by atoms with Crippen LogP contribution in [0.3, 0.4) is 0 Å². The second kappa shape index (κ2) is 7.07. The molecule has 1 saturated heterocycles. The minimum atomic E-state index is -0.353. The molecule has 1 unspecified atom stereocenters. The van der Waals surface area contributed by atoms with E-state index in [0.29, 0.717) is 22.5 Å². The zero-order chi connectivity index (χ0) is 12.3. The average Bonchev–Trinajstić information content (AvgIpc) is 2.78. The van der Waals surface area contributed by atoms with Gasteiger partial charge in [-0.1, -0.05) is 0 Å². The summed E-state index contributed by atoms with van der Waals surface area (Å²) in [6.07, 6.45) is 1.09. The first-order valence-electron chi connectivity index (χ1n) is 5.61. The number of halogens is 3. The van der Waals surface area contributed by atoms with Gasteiger partial charge in [0, 0.05) is 11.0 Å². The lowest BCUT2D eigenvalue weighted by molar-refractivity contribution is 0.0947. The molecule has 0 aromatic heterocycles. The molecule has 1 aliphatic rings. The predicted molar refractivity (Wildman–Crippen MR) is 74.7 cm³/mol. The van der Waals surface area contributed by atoms with Gasteiger partial charge in [0.15, 0.2) is 0 Å². The Labute approximate surface area is 120 Å². The first kappa shape index (κ1) is 15.4. The van der Waals surface area contributed by atoms with Crippen molar-refractivity contribution < 1.29 is 9.18 Å². The lowest BCUT2D eigenvalue weighted by Crippen LogP contribution is -2.30. The van der Waals surface area contributed by atoms with Crippen LogP contribution in [0.4, 0.5) is 4.39 Å². The highest BCUT2D eigenvalue weighted by atomic mass is 79.9. The Hall–Kier alpha value is -0.650. The summed E-state index contributed by atoms with van der Waals surface area (Å²) >= 11 is 3.19. The van der Waals surface area contributed by atoms with E-state index in [1.165, 1.54) is 18.2 Å². The molecule has 0 spiro atoms. The molecule has 0 radical (unpaired) electrons. The topological polar surface area (TPSA) is 41.1 Å². The minimum Gasteiger partial charge on any atom is -0.352 e. The number of carbonyl (C=O) groups excluding carboxylic acids is 1. The molecule has 6 heteroatoms. The molecule has 100 valence electrons. The van der Waals surface area contributed by atoms with Gasteiger partial charge in [-0.05, 0) is 59.6 Å². The number of nitrogens with one attached hydrogen (secondary N) is 2. The minimum absolute atomic E-state index is 0. The van der Waals surface area contributed by atoms with E-state index in [2.05, 4.69) is 26.6 Å². The van der Waals surface area contributed by atoms with Crippen molar-refractivity contribution in [2.24, 2.45) is 5.92 Å². The molecule has 0 bridgehead atoms. The van der Waals surface area contributed by atoms with E-state index < -0.39 is 0 Å². The summed E-state index contributed by atoms with van der Waals surface area (Å²) in [5, 5.41) is 6.11. The molecule has 0 aliphatic carbocycles. The Bertz CT molecular complexity index is 425. The summed E-state index contributed by atoms with van der Waals surface area (Å²) in [6.45, 7) is 2.63. The Morgan fingerprint density at radius 3 is 2.94 bits per heavy atom. The molecule has 1 heterocycles. The van der Waals surface area contributed by atoms with Crippen molar-refractivity contribution in [2.75, 3.05) is 19.6 Å². The van der Waals surface area contributed by atoms with Crippen LogP contribution in [0.15, 0.2) is 22.7 Å². The van der Waals surface area contributed by atoms with Crippen LogP contribution >= 0.6 is 28.3 Å². The molecule has 1 aromatic rings. The molecule has 2 rings (SSSR count). The monoisotopic (exact) mass is 336 g/mol. The van der Waals surface area contributed by atoms with Gasteiger partial charge in [0.05, 0.1) is 5.56 Å². The van der Waals surface area contributed by atoms with Gasteiger partial charge in [0.1, 0.15) is 5.82 Å². The zero-order valence-electron chi connectivity index (χ0n) is 9.71. The summed E-state index contributed by atoms with van der Waals surface area (Å²) in [6, 6.07) is 4.07. The second-order valence-corrected chi connectivity index (χ2v) is 5.05. The zero-order valence-corrected chi connectivity index (χ0v) is 12.1. The third kappa shape index (κ3) is 3.93. The van der Waals surface area contributed by atoms with Gasteiger partial charge in [-0.25, -0.2) is 4.39 Å². The first-order valence-corrected chi connectivity index (χ1v) is 6.40. The molecule has 1 atom stereocenters. The first-order chi connectivity index (χ1) is 8.16. The molecule has 1 aromatic carbocycles. The third-order valence-corrected chi connectivity index (χ3v) is 3.55. The summed E-state index contributed by atoms with van der Waals surface area (Å²) in [7, 11) is 0. The molecule has 1 amide bonds. The van der Waals surface area contributed by atoms with Gasteiger partial charge < -0.3 is 10.6 Å². The lowest BCUT2D eigenvalue weighted by atomic mass is 10.1. The number of hydrogen-bond acceptors (Lipinski definition) is 2. The molecule has 2 N–H and O–H groups in total. The number of benzene rings is 1. The number of carbonyl (C=O) groups is 1. The summed E-state index contributed by atoms with van der Waals surface area (Å²) in [4.78, 5) is 11.8. The van der Waals surface area contributed by atoms with Crippen molar-refractivity contribution in [1.29, 1.82) is 0 Å². The maximum atomic E-state index is 12.9. The van der Waals surface area contributed by atoms with Crippen LogP contribution in [0.1, 0.15) is 16.8 Å². The van der Waals surface area contributed by atoms with Gasteiger partial charge in [-0.15, -0.1) is 12.4 Å². The van der Waals surface area contributed by atoms with Crippen molar-refractivity contribution >= 4 is 34.2 Å². The van der Waals surface area contributed by atoms with Gasteiger partial charge in [-0.2, -0.15) is 0 Å². The molecule has 3 nitrogen and oxygen atoms in total. The Morgan fingerprint density at radius 2 is 2.33 bits per heavy atom. The number of amides is 1. The fourth-order valence-electron chi connectivity index (χ4n) is 1.89. The summed E-state index contributed by atoms with van der Waals surface area (Å²) in [5.41, 5.74) is 0.470.